The molecular weight excluding hydrogens is 337 g/mol. The molecular formula is C23H26NOP. The number of para-hydroxylation sites is 1. The van der Waals surface area contributed by atoms with Gasteiger partial charge in [0.05, 0.1) is 0 Å². The van der Waals surface area contributed by atoms with Crippen molar-refractivity contribution in [2.45, 2.75) is 27.0 Å². The van der Waals surface area contributed by atoms with E-state index in [0.29, 0.717) is 15.2 Å². The molecule has 3 heteroatoms. The normalized spacial score (nSPS) is 11.2. The van der Waals surface area contributed by atoms with Crippen LogP contribution in [-0.2, 0) is 13.2 Å². The van der Waals surface area contributed by atoms with Gasteiger partial charge in [0.15, 0.2) is 0 Å². The van der Waals surface area contributed by atoms with Gasteiger partial charge >= 0.3 is 0 Å². The molecule has 0 fully saturated rings. The van der Waals surface area contributed by atoms with Crippen molar-refractivity contribution in [1.29, 1.82) is 0 Å². The molecule has 0 bridgehead atoms. The fraction of sp³-hybridized carbons (Fsp3) is 0.217. The molecule has 0 heterocycles. The molecule has 0 aliphatic rings. The predicted molar refractivity (Wildman–Crippen MR) is 113 cm³/mol. The number of hydrogen-bond acceptors (Lipinski definition) is 2. The first-order chi connectivity index (χ1) is 12.7. The summed E-state index contributed by atoms with van der Waals surface area (Å²) in [5, 5.41) is 5.92. The van der Waals surface area contributed by atoms with Crippen molar-refractivity contribution >= 4 is 19.2 Å². The second-order valence-electron chi connectivity index (χ2n) is 6.54. The van der Waals surface area contributed by atoms with E-state index in [0.717, 1.165) is 12.3 Å². The van der Waals surface area contributed by atoms with Gasteiger partial charge in [0.2, 0.25) is 0 Å². The van der Waals surface area contributed by atoms with Crippen molar-refractivity contribution in [1.82, 2.24) is 5.32 Å². The van der Waals surface area contributed by atoms with Crippen molar-refractivity contribution in [3.8, 4) is 5.75 Å². The van der Waals surface area contributed by atoms with Crippen LogP contribution < -0.4 is 20.7 Å². The Bertz CT molecular complexity index is 861. The zero-order valence-corrected chi connectivity index (χ0v) is 16.7. The molecule has 0 aliphatic carbocycles. The zero-order chi connectivity index (χ0) is 18.4. The molecule has 0 saturated carbocycles. The summed E-state index contributed by atoms with van der Waals surface area (Å²) in [4.78, 5) is 0. The number of rotatable bonds is 7. The van der Waals surface area contributed by atoms with E-state index in [1.54, 1.807) is 0 Å². The Morgan fingerprint density at radius 3 is 2.46 bits per heavy atom. The van der Waals surface area contributed by atoms with E-state index >= 15 is 0 Å². The van der Waals surface area contributed by atoms with Gasteiger partial charge in [-0.15, -0.1) is 0 Å². The van der Waals surface area contributed by atoms with Crippen molar-refractivity contribution in [3.05, 3.63) is 89.0 Å². The summed E-state index contributed by atoms with van der Waals surface area (Å²) in [5.74, 6) is 1.02. The van der Waals surface area contributed by atoms with Crippen LogP contribution in [0.2, 0.25) is 0 Å². The van der Waals surface area contributed by atoms with Crippen molar-refractivity contribution in [3.63, 3.8) is 0 Å². The summed E-state index contributed by atoms with van der Waals surface area (Å²) in [6.07, 6.45) is 0. The lowest BCUT2D eigenvalue weighted by Crippen LogP contribution is -2.17. The molecule has 3 rings (SSSR count). The van der Waals surface area contributed by atoms with E-state index in [9.17, 15) is 0 Å². The molecule has 1 N–H and O–H groups in total. The summed E-state index contributed by atoms with van der Waals surface area (Å²) in [7, 11) is 2.58. The van der Waals surface area contributed by atoms with Gasteiger partial charge in [-0.2, -0.15) is 0 Å². The summed E-state index contributed by atoms with van der Waals surface area (Å²) < 4.78 is 6.24. The van der Waals surface area contributed by atoms with Crippen LogP contribution in [0.15, 0.2) is 66.7 Å². The molecule has 0 aromatic heterocycles. The quantitative estimate of drug-likeness (QED) is 0.634. The lowest BCUT2D eigenvalue weighted by Gasteiger charge is -2.16. The topological polar surface area (TPSA) is 21.3 Å². The van der Waals surface area contributed by atoms with Crippen LogP contribution in [0.1, 0.15) is 22.3 Å². The lowest BCUT2D eigenvalue weighted by atomic mass is 10.1. The molecule has 0 spiro atoms. The third kappa shape index (κ3) is 4.72. The Labute approximate surface area is 158 Å². The van der Waals surface area contributed by atoms with Crippen LogP contribution in [0.5, 0.6) is 5.75 Å². The van der Waals surface area contributed by atoms with Gasteiger partial charge in [0.1, 0.15) is 12.4 Å². The minimum atomic E-state index is 0.579. The van der Waals surface area contributed by atoms with Crippen LogP contribution in [0, 0.1) is 13.8 Å². The molecule has 0 saturated heterocycles. The smallest absolute Gasteiger partial charge is 0.130 e. The molecule has 0 amide bonds. The highest BCUT2D eigenvalue weighted by Gasteiger charge is 2.11. The first-order valence-electron chi connectivity index (χ1n) is 8.95. The first kappa shape index (κ1) is 18.6. The number of aryl methyl sites for hydroxylation is 2. The number of benzene rings is 3. The van der Waals surface area contributed by atoms with Crippen molar-refractivity contribution in [2.75, 3.05) is 7.05 Å². The second-order valence-corrected chi connectivity index (χ2v) is 7.87. The summed E-state index contributed by atoms with van der Waals surface area (Å²) >= 11 is 0. The average molecular weight is 363 g/mol. The van der Waals surface area contributed by atoms with E-state index in [1.807, 2.05) is 13.1 Å². The number of nitrogens with one attached hydrogen (secondary N) is 1. The highest BCUT2D eigenvalue weighted by Crippen LogP contribution is 2.25. The Balaban J connectivity index is 1.85. The van der Waals surface area contributed by atoms with Crippen LogP contribution in [0.3, 0.4) is 0 Å². The van der Waals surface area contributed by atoms with Crippen molar-refractivity contribution < 1.29 is 4.74 Å². The van der Waals surface area contributed by atoms with Crippen molar-refractivity contribution in [2.24, 2.45) is 0 Å². The third-order valence-electron chi connectivity index (χ3n) is 4.34. The Hall–Kier alpha value is -2.15. The minimum absolute atomic E-state index is 0.579. The maximum absolute atomic E-state index is 6.24. The maximum atomic E-state index is 6.24. The van der Waals surface area contributed by atoms with Crippen LogP contribution in [0.4, 0.5) is 0 Å². The van der Waals surface area contributed by atoms with E-state index in [2.05, 4.69) is 79.8 Å². The minimum Gasteiger partial charge on any atom is -0.488 e. The van der Waals surface area contributed by atoms with Crippen LogP contribution in [0.25, 0.3) is 0 Å². The van der Waals surface area contributed by atoms with Gasteiger partial charge in [-0.1, -0.05) is 80.9 Å². The summed E-state index contributed by atoms with van der Waals surface area (Å²) in [6.45, 7) is 5.75. The molecule has 26 heavy (non-hydrogen) atoms. The highest BCUT2D eigenvalue weighted by atomic mass is 31.1. The predicted octanol–water partition coefficient (Wildman–Crippen LogP) is 4.23. The average Bonchev–Trinajstić information content (AvgIpc) is 2.64. The molecule has 3 aromatic carbocycles. The van der Waals surface area contributed by atoms with E-state index in [1.165, 1.54) is 32.9 Å². The zero-order valence-electron chi connectivity index (χ0n) is 15.7. The Morgan fingerprint density at radius 2 is 1.69 bits per heavy atom. The van der Waals surface area contributed by atoms with Crippen LogP contribution in [-0.4, -0.2) is 7.05 Å². The third-order valence-corrected chi connectivity index (χ3v) is 5.76. The SMILES string of the molecule is CNCc1cc(C)ccc1Pc1cccc(C)c1OCc1ccccc1. The highest BCUT2D eigenvalue weighted by molar-refractivity contribution is 7.55. The second kappa shape index (κ2) is 8.98. The summed E-state index contributed by atoms with van der Waals surface area (Å²) in [6, 6.07) is 23.5. The van der Waals surface area contributed by atoms with E-state index < -0.39 is 0 Å². The van der Waals surface area contributed by atoms with Crippen LogP contribution >= 0.6 is 8.58 Å². The Morgan fingerprint density at radius 1 is 0.885 bits per heavy atom. The molecule has 0 radical (unpaired) electrons. The molecule has 2 nitrogen and oxygen atoms in total. The van der Waals surface area contributed by atoms with Gasteiger partial charge < -0.3 is 10.1 Å². The lowest BCUT2D eigenvalue weighted by molar-refractivity contribution is 0.307. The fourth-order valence-electron chi connectivity index (χ4n) is 3.00. The fourth-order valence-corrected chi connectivity index (χ4v) is 4.34. The standard InChI is InChI=1S/C23H26NOP/c1-17-12-13-21(20(14-17)15-24-3)26-22-11-7-8-18(2)23(22)25-16-19-9-5-4-6-10-19/h4-14,24,26H,15-16H2,1-3H3. The van der Waals surface area contributed by atoms with Gasteiger partial charge in [-0.3, -0.25) is 0 Å². The Kier molecular flexibility index (Phi) is 6.44. The first-order valence-corrected chi connectivity index (χ1v) is 9.95. The number of hydrogen-bond donors (Lipinski definition) is 1. The van der Waals surface area contributed by atoms with Gasteiger partial charge in [-0.25, -0.2) is 0 Å². The molecule has 1 atom stereocenters. The monoisotopic (exact) mass is 363 g/mol. The molecule has 134 valence electrons. The molecule has 1 unspecified atom stereocenters. The van der Waals surface area contributed by atoms with E-state index in [4.69, 9.17) is 4.74 Å². The van der Waals surface area contributed by atoms with Gasteiger partial charge in [0.25, 0.3) is 0 Å². The van der Waals surface area contributed by atoms with Gasteiger partial charge in [-0.05, 0) is 42.9 Å². The summed E-state index contributed by atoms with van der Waals surface area (Å²) in [5.41, 5.74) is 5.04. The maximum Gasteiger partial charge on any atom is 0.130 e. The largest absolute Gasteiger partial charge is 0.488 e. The van der Waals surface area contributed by atoms with E-state index in [-0.39, 0.29) is 0 Å². The molecule has 0 aliphatic heterocycles. The van der Waals surface area contributed by atoms with Gasteiger partial charge in [0, 0.05) is 11.8 Å². The molecule has 3 aromatic rings. The number of ether oxygens (including phenoxy) is 1.